The number of carbonyl (C=O) groups excluding carboxylic acids is 2. The van der Waals surface area contributed by atoms with Gasteiger partial charge in [0, 0.05) is 24.0 Å². The smallest absolute Gasteiger partial charge is 0.334 e. The number of aliphatic hydroxyl groups excluding tert-OH is 2. The normalized spacial score (nSPS) is 41.3. The number of ether oxygens (including phenoxy) is 3. The van der Waals surface area contributed by atoms with Crippen LogP contribution in [0, 0.1) is 11.8 Å². The monoisotopic (exact) mass is 396 g/mol. The summed E-state index contributed by atoms with van der Waals surface area (Å²) in [5, 5.41) is 31.3. The third kappa shape index (κ3) is 3.39. The maximum Gasteiger partial charge on any atom is 0.334 e. The molecule has 0 aromatic rings. The fourth-order valence-electron chi connectivity index (χ4n) is 4.11. The predicted molar refractivity (Wildman–Crippen MR) is 96.7 cm³/mol. The second-order valence-corrected chi connectivity index (χ2v) is 8.18. The van der Waals surface area contributed by atoms with Gasteiger partial charge >= 0.3 is 11.9 Å². The van der Waals surface area contributed by atoms with Gasteiger partial charge in [-0.1, -0.05) is 20.4 Å². The van der Waals surface area contributed by atoms with Crippen molar-refractivity contribution >= 4 is 11.9 Å². The summed E-state index contributed by atoms with van der Waals surface area (Å²) in [4.78, 5) is 24.7. The van der Waals surface area contributed by atoms with E-state index in [0.29, 0.717) is 6.42 Å². The van der Waals surface area contributed by atoms with Crippen LogP contribution in [0.4, 0.5) is 0 Å². The van der Waals surface area contributed by atoms with E-state index in [0.717, 1.165) is 0 Å². The highest BCUT2D eigenvalue weighted by Gasteiger charge is 2.58. The second kappa shape index (κ2) is 7.26. The molecule has 0 radical (unpaired) electrons. The summed E-state index contributed by atoms with van der Waals surface area (Å²) in [6.07, 6.45) is -0.933. The number of aliphatic hydroxyl groups is 3. The van der Waals surface area contributed by atoms with Crippen LogP contribution in [0.25, 0.3) is 0 Å². The van der Waals surface area contributed by atoms with Crippen molar-refractivity contribution in [2.24, 2.45) is 11.8 Å². The Labute approximate surface area is 163 Å². The highest BCUT2D eigenvalue weighted by molar-refractivity contribution is 5.91. The molecule has 3 rings (SSSR count). The molecule has 0 aliphatic carbocycles. The van der Waals surface area contributed by atoms with Crippen molar-refractivity contribution in [3.63, 3.8) is 0 Å². The van der Waals surface area contributed by atoms with E-state index in [-0.39, 0.29) is 29.9 Å². The van der Waals surface area contributed by atoms with E-state index < -0.39 is 54.2 Å². The molecule has 156 valence electrons. The summed E-state index contributed by atoms with van der Waals surface area (Å²) in [7, 11) is 0. The van der Waals surface area contributed by atoms with Crippen molar-refractivity contribution in [3.05, 3.63) is 23.8 Å². The molecule has 3 aliphatic rings. The van der Waals surface area contributed by atoms with Crippen molar-refractivity contribution < 1.29 is 39.1 Å². The van der Waals surface area contributed by atoms with Crippen LogP contribution in [0.1, 0.15) is 40.0 Å². The van der Waals surface area contributed by atoms with Crippen LogP contribution in [0.2, 0.25) is 0 Å². The molecule has 3 heterocycles. The average molecular weight is 396 g/mol. The van der Waals surface area contributed by atoms with Gasteiger partial charge in [0.1, 0.15) is 12.2 Å². The van der Waals surface area contributed by atoms with Crippen LogP contribution in [-0.2, 0) is 23.8 Å². The Bertz CT molecular complexity index is 715. The SMILES string of the molecule is C=C1C(=O)OC2C=C(CO)C3(O)CC(O)C(C)(CC(OC(=O)C(C)CC)C12)O3. The van der Waals surface area contributed by atoms with Gasteiger partial charge in [-0.2, -0.15) is 0 Å². The van der Waals surface area contributed by atoms with Crippen LogP contribution in [-0.4, -0.2) is 63.6 Å². The van der Waals surface area contributed by atoms with Gasteiger partial charge in [-0.15, -0.1) is 0 Å². The fourth-order valence-corrected chi connectivity index (χ4v) is 4.11. The number of rotatable bonds is 4. The molecular weight excluding hydrogens is 368 g/mol. The summed E-state index contributed by atoms with van der Waals surface area (Å²) in [6.45, 7) is 8.45. The molecule has 28 heavy (non-hydrogen) atoms. The maximum atomic E-state index is 12.5. The van der Waals surface area contributed by atoms with E-state index in [1.807, 2.05) is 6.92 Å². The van der Waals surface area contributed by atoms with Crippen molar-refractivity contribution in [1.82, 2.24) is 0 Å². The topological polar surface area (TPSA) is 123 Å². The van der Waals surface area contributed by atoms with E-state index in [4.69, 9.17) is 14.2 Å². The fraction of sp³-hybridized carbons (Fsp3) is 0.700. The van der Waals surface area contributed by atoms with Gasteiger partial charge in [-0.25, -0.2) is 4.79 Å². The number of hydrogen-bond acceptors (Lipinski definition) is 8. The van der Waals surface area contributed by atoms with Crippen LogP contribution in [0.15, 0.2) is 23.8 Å². The van der Waals surface area contributed by atoms with E-state index in [1.165, 1.54) is 6.08 Å². The van der Waals surface area contributed by atoms with Crippen molar-refractivity contribution in [2.45, 2.75) is 69.7 Å². The third-order valence-electron chi connectivity index (χ3n) is 6.17. The first-order valence-electron chi connectivity index (χ1n) is 9.57. The molecule has 0 amide bonds. The first-order valence-corrected chi connectivity index (χ1v) is 9.57. The minimum atomic E-state index is -1.90. The molecule has 7 unspecified atom stereocenters. The van der Waals surface area contributed by atoms with Crippen molar-refractivity contribution in [1.29, 1.82) is 0 Å². The zero-order valence-corrected chi connectivity index (χ0v) is 16.4. The largest absolute Gasteiger partial charge is 0.461 e. The first kappa shape index (κ1) is 21.0. The predicted octanol–water partition coefficient (Wildman–Crippen LogP) is 0.593. The lowest BCUT2D eigenvalue weighted by Gasteiger charge is -2.35. The standard InChI is InChI=1S/C20H28O8/c1-5-10(2)17(23)27-14-7-19(4)15(22)8-20(25,28-19)12(9-21)6-13-16(14)11(3)18(24)26-13/h6,10,13-16,21-22,25H,3,5,7-9H2,1-2,4H3. The van der Waals surface area contributed by atoms with E-state index in [2.05, 4.69) is 6.58 Å². The summed E-state index contributed by atoms with van der Waals surface area (Å²) in [6, 6.07) is 0. The van der Waals surface area contributed by atoms with Crippen LogP contribution in [0.3, 0.4) is 0 Å². The van der Waals surface area contributed by atoms with Gasteiger partial charge < -0.3 is 29.5 Å². The van der Waals surface area contributed by atoms with Gasteiger partial charge in [0.05, 0.1) is 30.1 Å². The number of hydrogen-bond donors (Lipinski definition) is 3. The zero-order valence-electron chi connectivity index (χ0n) is 16.4. The molecule has 2 fully saturated rings. The zero-order chi connectivity index (χ0) is 20.9. The van der Waals surface area contributed by atoms with Crippen LogP contribution < -0.4 is 0 Å². The molecular formula is C20H28O8. The highest BCUT2D eigenvalue weighted by atomic mass is 16.7. The lowest BCUT2D eigenvalue weighted by molar-refractivity contribution is -0.211. The van der Waals surface area contributed by atoms with E-state index in [1.54, 1.807) is 13.8 Å². The molecule has 8 heteroatoms. The molecule has 0 saturated carbocycles. The molecule has 0 aromatic heterocycles. The first-order chi connectivity index (χ1) is 13.0. The number of fused-ring (bicyclic) bond motifs is 3. The molecule has 3 aliphatic heterocycles. The number of esters is 2. The molecule has 8 nitrogen and oxygen atoms in total. The van der Waals surface area contributed by atoms with Gasteiger partial charge in [0.2, 0.25) is 0 Å². The quantitative estimate of drug-likeness (QED) is 0.359. The summed E-state index contributed by atoms with van der Waals surface area (Å²) < 4.78 is 16.9. The van der Waals surface area contributed by atoms with Gasteiger partial charge in [0.25, 0.3) is 0 Å². The lowest BCUT2D eigenvalue weighted by Crippen LogP contribution is -2.45. The Hall–Kier alpha value is -1.74. The Balaban J connectivity index is 2.07. The van der Waals surface area contributed by atoms with Crippen molar-refractivity contribution in [3.8, 4) is 0 Å². The van der Waals surface area contributed by atoms with Crippen LogP contribution >= 0.6 is 0 Å². The highest BCUT2D eigenvalue weighted by Crippen LogP contribution is 2.48. The number of carbonyl (C=O) groups is 2. The maximum absolute atomic E-state index is 12.5. The Morgan fingerprint density at radius 2 is 2.14 bits per heavy atom. The Morgan fingerprint density at radius 1 is 1.46 bits per heavy atom. The van der Waals surface area contributed by atoms with Crippen molar-refractivity contribution in [2.75, 3.05) is 6.61 Å². The minimum Gasteiger partial charge on any atom is -0.461 e. The Kier molecular flexibility index (Phi) is 5.44. The van der Waals surface area contributed by atoms with Gasteiger partial charge in [-0.05, 0) is 19.4 Å². The minimum absolute atomic E-state index is 0.0298. The van der Waals surface area contributed by atoms with Gasteiger partial charge in [-0.3, -0.25) is 4.79 Å². The van der Waals surface area contributed by atoms with E-state index >= 15 is 0 Å². The lowest BCUT2D eigenvalue weighted by atomic mass is 9.80. The Morgan fingerprint density at radius 3 is 2.75 bits per heavy atom. The summed E-state index contributed by atoms with van der Waals surface area (Å²) >= 11 is 0. The molecule has 0 aromatic carbocycles. The molecule has 3 N–H and O–H groups in total. The molecule has 7 atom stereocenters. The summed E-state index contributed by atoms with van der Waals surface area (Å²) in [5.74, 6) is -4.02. The second-order valence-electron chi connectivity index (χ2n) is 8.18. The van der Waals surface area contributed by atoms with E-state index in [9.17, 15) is 24.9 Å². The molecule has 2 saturated heterocycles. The molecule has 2 bridgehead atoms. The molecule has 0 spiro atoms. The third-order valence-corrected chi connectivity index (χ3v) is 6.17. The summed E-state index contributed by atoms with van der Waals surface area (Å²) in [5.41, 5.74) is -1.03. The average Bonchev–Trinajstić information content (AvgIpc) is 3.04. The van der Waals surface area contributed by atoms with Gasteiger partial charge in [0.15, 0.2) is 5.79 Å². The van der Waals surface area contributed by atoms with Crippen LogP contribution in [0.5, 0.6) is 0 Å².